The summed E-state index contributed by atoms with van der Waals surface area (Å²) >= 11 is 0. The van der Waals surface area contributed by atoms with Crippen molar-refractivity contribution in [2.75, 3.05) is 33.7 Å². The van der Waals surface area contributed by atoms with E-state index in [4.69, 9.17) is 19.3 Å². The highest BCUT2D eigenvalue weighted by Crippen LogP contribution is 2.19. The van der Waals surface area contributed by atoms with Crippen LogP contribution in [0.3, 0.4) is 0 Å². The van der Waals surface area contributed by atoms with E-state index in [0.29, 0.717) is 12.5 Å². The molecule has 1 heterocycles. The van der Waals surface area contributed by atoms with Crippen LogP contribution >= 0.6 is 0 Å². The van der Waals surface area contributed by atoms with Crippen LogP contribution in [0.4, 0.5) is 0 Å². The second kappa shape index (κ2) is 6.32. The van der Waals surface area contributed by atoms with Gasteiger partial charge in [-0.25, -0.2) is 0 Å². The molecule has 4 nitrogen and oxygen atoms in total. The van der Waals surface area contributed by atoms with Crippen LogP contribution in [0, 0.1) is 5.92 Å². The Labute approximate surface area is 78.8 Å². The first kappa shape index (κ1) is 10.9. The summed E-state index contributed by atoms with van der Waals surface area (Å²) in [6.45, 7) is 1.80. The van der Waals surface area contributed by atoms with E-state index in [2.05, 4.69) is 0 Å². The molecular weight excluding hydrogens is 172 g/mol. The van der Waals surface area contributed by atoms with Crippen LogP contribution in [-0.4, -0.2) is 44.9 Å². The highest BCUT2D eigenvalue weighted by molar-refractivity contribution is 4.72. The topological polar surface area (TPSA) is 47.9 Å². The van der Waals surface area contributed by atoms with Gasteiger partial charge in [0.2, 0.25) is 0 Å². The van der Waals surface area contributed by atoms with E-state index in [-0.39, 0.29) is 19.5 Å². The number of aliphatic hydroxyl groups is 1. The summed E-state index contributed by atoms with van der Waals surface area (Å²) in [5.41, 5.74) is 0. The van der Waals surface area contributed by atoms with Gasteiger partial charge in [0.05, 0.1) is 19.3 Å². The lowest BCUT2D eigenvalue weighted by atomic mass is 9.96. The molecule has 0 radical (unpaired) electrons. The molecule has 1 N–H and O–H groups in total. The van der Waals surface area contributed by atoms with Gasteiger partial charge in [0.15, 0.2) is 0 Å². The van der Waals surface area contributed by atoms with E-state index < -0.39 is 0 Å². The standard InChI is InChI=1S/C9H18O4/c1-11-7-13-9(5-10)8-3-2-4-12-6-8/h8-10H,2-7H2,1H3/t8-,9?/m0/s1. The monoisotopic (exact) mass is 190 g/mol. The lowest BCUT2D eigenvalue weighted by Gasteiger charge is -2.28. The predicted octanol–water partition coefficient (Wildman–Crippen LogP) is 0.394. The predicted molar refractivity (Wildman–Crippen MR) is 47.4 cm³/mol. The number of methoxy groups -OCH3 is 1. The molecule has 0 saturated carbocycles. The molecule has 0 aromatic rings. The molecule has 1 unspecified atom stereocenters. The third-order valence-electron chi connectivity index (χ3n) is 2.30. The molecular formula is C9H18O4. The maximum absolute atomic E-state index is 9.07. The van der Waals surface area contributed by atoms with Crippen LogP contribution in [0.5, 0.6) is 0 Å². The molecule has 0 amide bonds. The molecule has 0 aromatic carbocycles. The summed E-state index contributed by atoms with van der Waals surface area (Å²) in [5.74, 6) is 0.314. The Morgan fingerprint density at radius 3 is 3.00 bits per heavy atom. The molecule has 0 aromatic heterocycles. The molecule has 78 valence electrons. The second-order valence-electron chi connectivity index (χ2n) is 3.27. The van der Waals surface area contributed by atoms with Gasteiger partial charge >= 0.3 is 0 Å². The third kappa shape index (κ3) is 3.60. The number of ether oxygens (including phenoxy) is 3. The van der Waals surface area contributed by atoms with E-state index in [0.717, 1.165) is 19.4 Å². The highest BCUT2D eigenvalue weighted by Gasteiger charge is 2.24. The average molecular weight is 190 g/mol. The van der Waals surface area contributed by atoms with Gasteiger partial charge in [0.25, 0.3) is 0 Å². The van der Waals surface area contributed by atoms with Crippen LogP contribution in [0.15, 0.2) is 0 Å². The van der Waals surface area contributed by atoms with Crippen molar-refractivity contribution in [2.24, 2.45) is 5.92 Å². The third-order valence-corrected chi connectivity index (χ3v) is 2.30. The maximum atomic E-state index is 9.07. The summed E-state index contributed by atoms with van der Waals surface area (Å²) in [6, 6.07) is 0. The first-order chi connectivity index (χ1) is 6.38. The SMILES string of the molecule is COCOC(CO)[C@H]1CCCOC1. The summed E-state index contributed by atoms with van der Waals surface area (Å²) in [7, 11) is 1.58. The molecule has 0 aliphatic carbocycles. The van der Waals surface area contributed by atoms with E-state index in [1.807, 2.05) is 0 Å². The number of rotatable bonds is 5. The first-order valence-corrected chi connectivity index (χ1v) is 4.67. The van der Waals surface area contributed by atoms with E-state index >= 15 is 0 Å². The van der Waals surface area contributed by atoms with E-state index in [9.17, 15) is 0 Å². The van der Waals surface area contributed by atoms with Crippen LogP contribution < -0.4 is 0 Å². The van der Waals surface area contributed by atoms with Crippen molar-refractivity contribution in [3.8, 4) is 0 Å². The minimum absolute atomic E-state index is 0.0391. The highest BCUT2D eigenvalue weighted by atomic mass is 16.7. The van der Waals surface area contributed by atoms with Crippen LogP contribution in [-0.2, 0) is 14.2 Å². The van der Waals surface area contributed by atoms with Crippen LogP contribution in [0.1, 0.15) is 12.8 Å². The van der Waals surface area contributed by atoms with Gasteiger partial charge in [-0.05, 0) is 12.8 Å². The molecule has 13 heavy (non-hydrogen) atoms. The molecule has 4 heteroatoms. The van der Waals surface area contributed by atoms with Gasteiger partial charge in [-0.1, -0.05) is 0 Å². The fourth-order valence-electron chi connectivity index (χ4n) is 1.55. The minimum atomic E-state index is -0.139. The summed E-state index contributed by atoms with van der Waals surface area (Å²) in [6.07, 6.45) is 1.98. The molecule has 1 fully saturated rings. The summed E-state index contributed by atoms with van der Waals surface area (Å²) in [4.78, 5) is 0. The zero-order valence-electron chi connectivity index (χ0n) is 8.07. The minimum Gasteiger partial charge on any atom is -0.394 e. The smallest absolute Gasteiger partial charge is 0.146 e. The van der Waals surface area contributed by atoms with Crippen molar-refractivity contribution >= 4 is 0 Å². The molecule has 1 saturated heterocycles. The molecule has 1 aliphatic heterocycles. The van der Waals surface area contributed by atoms with Gasteiger partial charge in [-0.15, -0.1) is 0 Å². The van der Waals surface area contributed by atoms with Crippen molar-refractivity contribution in [3.63, 3.8) is 0 Å². The normalized spacial score (nSPS) is 25.8. The molecule has 2 atom stereocenters. The van der Waals surface area contributed by atoms with Crippen molar-refractivity contribution < 1.29 is 19.3 Å². The number of hydrogen-bond donors (Lipinski definition) is 1. The summed E-state index contributed by atoms with van der Waals surface area (Å²) in [5, 5.41) is 9.07. The lowest BCUT2D eigenvalue weighted by Crippen LogP contribution is -2.34. The Kier molecular flexibility index (Phi) is 5.31. The summed E-state index contributed by atoms with van der Waals surface area (Å²) < 4.78 is 15.4. The quantitative estimate of drug-likeness (QED) is 0.637. The van der Waals surface area contributed by atoms with Crippen molar-refractivity contribution in [2.45, 2.75) is 18.9 Å². The van der Waals surface area contributed by atoms with E-state index in [1.54, 1.807) is 7.11 Å². The van der Waals surface area contributed by atoms with Crippen LogP contribution in [0.25, 0.3) is 0 Å². The largest absolute Gasteiger partial charge is 0.394 e. The Morgan fingerprint density at radius 2 is 2.46 bits per heavy atom. The zero-order valence-corrected chi connectivity index (χ0v) is 8.07. The average Bonchev–Trinajstić information content (AvgIpc) is 2.21. The van der Waals surface area contributed by atoms with Gasteiger partial charge in [-0.2, -0.15) is 0 Å². The number of hydrogen-bond acceptors (Lipinski definition) is 4. The van der Waals surface area contributed by atoms with Crippen molar-refractivity contribution in [1.29, 1.82) is 0 Å². The maximum Gasteiger partial charge on any atom is 0.146 e. The second-order valence-corrected chi connectivity index (χ2v) is 3.27. The number of aliphatic hydroxyl groups excluding tert-OH is 1. The van der Waals surface area contributed by atoms with E-state index in [1.165, 1.54) is 0 Å². The van der Waals surface area contributed by atoms with Gasteiger partial charge < -0.3 is 19.3 Å². The van der Waals surface area contributed by atoms with Crippen molar-refractivity contribution in [3.05, 3.63) is 0 Å². The van der Waals surface area contributed by atoms with Crippen molar-refractivity contribution in [1.82, 2.24) is 0 Å². The molecule has 1 rings (SSSR count). The lowest BCUT2D eigenvalue weighted by molar-refractivity contribution is -0.126. The van der Waals surface area contributed by atoms with Gasteiger partial charge in [-0.3, -0.25) is 0 Å². The van der Waals surface area contributed by atoms with Gasteiger partial charge in [0.1, 0.15) is 6.79 Å². The zero-order chi connectivity index (χ0) is 9.52. The Bertz CT molecular complexity index is 123. The molecule has 1 aliphatic rings. The van der Waals surface area contributed by atoms with Gasteiger partial charge in [0, 0.05) is 19.6 Å². The molecule has 0 bridgehead atoms. The molecule has 0 spiro atoms. The Morgan fingerprint density at radius 1 is 1.62 bits per heavy atom. The van der Waals surface area contributed by atoms with Crippen LogP contribution in [0.2, 0.25) is 0 Å². The Balaban J connectivity index is 2.26. The fourth-order valence-corrected chi connectivity index (χ4v) is 1.55. The fraction of sp³-hybridized carbons (Fsp3) is 1.00. The Hall–Kier alpha value is -0.160. The first-order valence-electron chi connectivity index (χ1n) is 4.67.